The number of pyridine rings is 2. The van der Waals surface area contributed by atoms with Crippen LogP contribution in [0, 0.1) is 6.92 Å². The third-order valence-corrected chi connectivity index (χ3v) is 4.50. The first kappa shape index (κ1) is 12.2. The minimum atomic E-state index is 0.843. The maximum absolute atomic E-state index is 5.45. The van der Waals surface area contributed by atoms with Gasteiger partial charge in [0.15, 0.2) is 0 Å². The predicted molar refractivity (Wildman–Crippen MR) is 83.1 cm³/mol. The monoisotopic (exact) mass is 293 g/mol. The van der Waals surface area contributed by atoms with Gasteiger partial charge in [0.05, 0.1) is 22.5 Å². The Morgan fingerprint density at radius 2 is 2.14 bits per heavy atom. The standard InChI is InChI=1S/C16H11N3OS/c1-10-15(13-7-14-11(9-18-13)4-6-20-14)21-16(19-10)12-3-2-5-17-8-12/h2-9H,1H3. The van der Waals surface area contributed by atoms with Crippen LogP contribution in [-0.4, -0.2) is 15.0 Å². The van der Waals surface area contributed by atoms with Crippen LogP contribution < -0.4 is 0 Å². The van der Waals surface area contributed by atoms with Crippen molar-refractivity contribution in [3.05, 3.63) is 54.8 Å². The number of furan rings is 1. The van der Waals surface area contributed by atoms with Crippen LogP contribution in [-0.2, 0) is 0 Å². The lowest BCUT2D eigenvalue weighted by molar-refractivity contribution is 0.616. The molecule has 0 bridgehead atoms. The third-order valence-electron chi connectivity index (χ3n) is 3.28. The van der Waals surface area contributed by atoms with Crippen LogP contribution in [0.25, 0.3) is 32.1 Å². The van der Waals surface area contributed by atoms with Gasteiger partial charge in [-0.1, -0.05) is 0 Å². The van der Waals surface area contributed by atoms with Gasteiger partial charge < -0.3 is 4.42 Å². The normalized spacial score (nSPS) is 11.1. The van der Waals surface area contributed by atoms with Crippen molar-refractivity contribution < 1.29 is 4.42 Å². The van der Waals surface area contributed by atoms with Gasteiger partial charge in [-0.25, -0.2) is 4.98 Å². The molecule has 4 heterocycles. The van der Waals surface area contributed by atoms with Crippen LogP contribution in [0.15, 0.2) is 53.5 Å². The molecular formula is C16H11N3OS. The molecule has 0 aromatic carbocycles. The maximum atomic E-state index is 5.45. The quantitative estimate of drug-likeness (QED) is 0.552. The summed E-state index contributed by atoms with van der Waals surface area (Å²) in [4.78, 5) is 14.3. The van der Waals surface area contributed by atoms with E-state index < -0.39 is 0 Å². The molecule has 0 fully saturated rings. The lowest BCUT2D eigenvalue weighted by Gasteiger charge is -1.97. The first-order valence-corrected chi connectivity index (χ1v) is 7.34. The van der Waals surface area contributed by atoms with E-state index in [4.69, 9.17) is 4.42 Å². The van der Waals surface area contributed by atoms with Crippen molar-refractivity contribution in [2.45, 2.75) is 6.92 Å². The zero-order chi connectivity index (χ0) is 14.2. The lowest BCUT2D eigenvalue weighted by atomic mass is 10.2. The first-order valence-electron chi connectivity index (χ1n) is 6.53. The van der Waals surface area contributed by atoms with Crippen molar-refractivity contribution in [2.24, 2.45) is 0 Å². The molecule has 0 atom stereocenters. The molecule has 0 amide bonds. The van der Waals surface area contributed by atoms with E-state index in [0.717, 1.165) is 37.8 Å². The highest BCUT2D eigenvalue weighted by Crippen LogP contribution is 2.34. The molecule has 5 heteroatoms. The maximum Gasteiger partial charge on any atom is 0.137 e. The van der Waals surface area contributed by atoms with Crippen LogP contribution in [0.2, 0.25) is 0 Å². The summed E-state index contributed by atoms with van der Waals surface area (Å²) in [5, 5.41) is 1.96. The zero-order valence-corrected chi connectivity index (χ0v) is 12.1. The molecule has 0 aliphatic rings. The number of aromatic nitrogens is 3. The molecule has 21 heavy (non-hydrogen) atoms. The van der Waals surface area contributed by atoms with E-state index in [9.17, 15) is 0 Å². The minimum Gasteiger partial charge on any atom is -0.464 e. The fraction of sp³-hybridized carbons (Fsp3) is 0.0625. The second kappa shape index (κ2) is 4.79. The van der Waals surface area contributed by atoms with E-state index in [1.807, 2.05) is 43.6 Å². The highest BCUT2D eigenvalue weighted by Gasteiger charge is 2.13. The van der Waals surface area contributed by atoms with Gasteiger partial charge in [-0.3, -0.25) is 9.97 Å². The second-order valence-corrected chi connectivity index (χ2v) is 5.70. The van der Waals surface area contributed by atoms with E-state index in [1.54, 1.807) is 23.8 Å². The number of fused-ring (bicyclic) bond motifs is 1. The third kappa shape index (κ3) is 2.11. The molecule has 0 aliphatic carbocycles. The van der Waals surface area contributed by atoms with Crippen LogP contribution in [0.5, 0.6) is 0 Å². The van der Waals surface area contributed by atoms with Gasteiger partial charge in [-0.2, -0.15) is 0 Å². The Balaban J connectivity index is 1.83. The second-order valence-electron chi connectivity index (χ2n) is 4.70. The Morgan fingerprint density at radius 1 is 1.19 bits per heavy atom. The van der Waals surface area contributed by atoms with Gasteiger partial charge in [0.2, 0.25) is 0 Å². The van der Waals surface area contributed by atoms with Crippen molar-refractivity contribution in [3.63, 3.8) is 0 Å². The van der Waals surface area contributed by atoms with Crippen molar-refractivity contribution in [1.29, 1.82) is 0 Å². The number of thiazole rings is 1. The largest absolute Gasteiger partial charge is 0.464 e. The van der Waals surface area contributed by atoms with E-state index in [1.165, 1.54) is 0 Å². The Bertz CT molecular complexity index is 912. The number of rotatable bonds is 2. The molecule has 0 saturated heterocycles. The molecule has 4 aromatic heterocycles. The molecule has 0 spiro atoms. The zero-order valence-electron chi connectivity index (χ0n) is 11.3. The Kier molecular flexibility index (Phi) is 2.79. The van der Waals surface area contributed by atoms with Crippen LogP contribution in [0.3, 0.4) is 0 Å². The summed E-state index contributed by atoms with van der Waals surface area (Å²) in [6, 6.07) is 7.80. The molecule has 0 unspecified atom stereocenters. The van der Waals surface area contributed by atoms with Gasteiger partial charge in [-0.05, 0) is 25.1 Å². The van der Waals surface area contributed by atoms with Gasteiger partial charge in [-0.15, -0.1) is 11.3 Å². The summed E-state index contributed by atoms with van der Waals surface area (Å²) < 4.78 is 5.45. The molecule has 4 aromatic rings. The Morgan fingerprint density at radius 3 is 3.00 bits per heavy atom. The molecular weight excluding hydrogens is 282 g/mol. The Hall–Kier alpha value is -2.53. The van der Waals surface area contributed by atoms with E-state index in [0.29, 0.717) is 0 Å². The van der Waals surface area contributed by atoms with Gasteiger partial charge in [0.1, 0.15) is 10.6 Å². The molecule has 0 aliphatic heterocycles. The highest BCUT2D eigenvalue weighted by molar-refractivity contribution is 7.18. The van der Waals surface area contributed by atoms with E-state index in [-0.39, 0.29) is 0 Å². The SMILES string of the molecule is Cc1nc(-c2cccnc2)sc1-c1cc2occc2cn1. The molecule has 0 radical (unpaired) electrons. The van der Waals surface area contributed by atoms with Crippen molar-refractivity contribution >= 4 is 22.3 Å². The van der Waals surface area contributed by atoms with Gasteiger partial charge in [0, 0.05) is 35.6 Å². The minimum absolute atomic E-state index is 0.843. The van der Waals surface area contributed by atoms with Crippen LogP contribution in [0.4, 0.5) is 0 Å². The van der Waals surface area contributed by atoms with Gasteiger partial charge in [0.25, 0.3) is 0 Å². The van der Waals surface area contributed by atoms with E-state index >= 15 is 0 Å². The predicted octanol–water partition coefficient (Wildman–Crippen LogP) is 4.32. The van der Waals surface area contributed by atoms with Crippen molar-refractivity contribution in [2.75, 3.05) is 0 Å². The molecule has 0 N–H and O–H groups in total. The summed E-state index contributed by atoms with van der Waals surface area (Å²) in [5.41, 5.74) is 3.73. The molecule has 4 rings (SSSR count). The number of aryl methyl sites for hydroxylation is 1. The fourth-order valence-electron chi connectivity index (χ4n) is 2.23. The summed E-state index contributed by atoms with van der Waals surface area (Å²) in [7, 11) is 0. The fourth-order valence-corrected chi connectivity index (χ4v) is 3.25. The summed E-state index contributed by atoms with van der Waals surface area (Å²) in [6.07, 6.45) is 7.09. The highest BCUT2D eigenvalue weighted by atomic mass is 32.1. The van der Waals surface area contributed by atoms with Crippen molar-refractivity contribution in [3.8, 4) is 21.1 Å². The molecule has 102 valence electrons. The summed E-state index contributed by atoms with van der Waals surface area (Å²) >= 11 is 1.62. The topological polar surface area (TPSA) is 51.8 Å². The lowest BCUT2D eigenvalue weighted by Crippen LogP contribution is -1.82. The Labute approximate surface area is 125 Å². The van der Waals surface area contributed by atoms with Crippen LogP contribution in [0.1, 0.15) is 5.69 Å². The first-order chi connectivity index (χ1) is 10.3. The van der Waals surface area contributed by atoms with Crippen molar-refractivity contribution in [1.82, 2.24) is 15.0 Å². The average molecular weight is 293 g/mol. The van der Waals surface area contributed by atoms with Gasteiger partial charge >= 0.3 is 0 Å². The smallest absolute Gasteiger partial charge is 0.137 e. The molecule has 4 nitrogen and oxygen atoms in total. The number of nitrogens with zero attached hydrogens (tertiary/aromatic N) is 3. The number of hydrogen-bond donors (Lipinski definition) is 0. The average Bonchev–Trinajstić information content (AvgIpc) is 3.13. The number of hydrogen-bond acceptors (Lipinski definition) is 5. The molecule has 0 saturated carbocycles. The van der Waals surface area contributed by atoms with E-state index in [2.05, 4.69) is 15.0 Å². The summed E-state index contributed by atoms with van der Waals surface area (Å²) in [5.74, 6) is 0. The summed E-state index contributed by atoms with van der Waals surface area (Å²) in [6.45, 7) is 2.00. The van der Waals surface area contributed by atoms with Crippen LogP contribution >= 0.6 is 11.3 Å².